The number of aryl methyl sites for hydroxylation is 2. The minimum absolute atomic E-state index is 0.105. The van der Waals surface area contributed by atoms with Gasteiger partial charge in [0.1, 0.15) is 0 Å². The molecular weight excluding hydrogens is 468 g/mol. The zero-order valence-corrected chi connectivity index (χ0v) is 22.2. The molecule has 5 nitrogen and oxygen atoms in total. The van der Waals surface area contributed by atoms with E-state index in [4.69, 9.17) is 5.10 Å². The summed E-state index contributed by atoms with van der Waals surface area (Å²) in [6.45, 7) is 3.45. The van der Waals surface area contributed by atoms with Crippen molar-refractivity contribution in [3.63, 3.8) is 0 Å². The van der Waals surface area contributed by atoms with E-state index in [9.17, 15) is 4.79 Å². The number of rotatable bonds is 7. The number of para-hydroxylation sites is 1. The Morgan fingerprint density at radius 3 is 2.45 bits per heavy atom. The number of benzene rings is 3. The van der Waals surface area contributed by atoms with Crippen molar-refractivity contribution in [1.29, 1.82) is 0 Å². The van der Waals surface area contributed by atoms with Gasteiger partial charge in [0.15, 0.2) is 13.2 Å². The minimum atomic E-state index is -0.105. The van der Waals surface area contributed by atoms with Crippen LogP contribution in [0.3, 0.4) is 0 Å². The molecule has 1 atom stereocenters. The highest BCUT2D eigenvalue weighted by atomic mass is 16.1. The lowest BCUT2D eigenvalue weighted by molar-refractivity contribution is -0.729. The third-order valence-corrected chi connectivity index (χ3v) is 8.11. The molecule has 0 aliphatic heterocycles. The molecule has 192 valence electrons. The van der Waals surface area contributed by atoms with Crippen LogP contribution in [0.4, 0.5) is 0 Å². The van der Waals surface area contributed by atoms with Crippen LogP contribution in [0.15, 0.2) is 85.1 Å². The summed E-state index contributed by atoms with van der Waals surface area (Å²) in [4.78, 5) is 13.5. The van der Waals surface area contributed by atoms with Crippen LogP contribution in [-0.2, 0) is 24.9 Å². The number of carbonyl (C=O) groups excluding carboxylic acids is 1. The zero-order valence-electron chi connectivity index (χ0n) is 22.2. The molecule has 0 spiro atoms. The van der Waals surface area contributed by atoms with Gasteiger partial charge in [-0.2, -0.15) is 0 Å². The molecule has 6 rings (SSSR count). The van der Waals surface area contributed by atoms with E-state index in [-0.39, 0.29) is 11.8 Å². The maximum absolute atomic E-state index is 13.5. The first-order chi connectivity index (χ1) is 18.6. The standard InChI is InChI=1S/C33H34N4O/c1-23-21-36(2)35-32-30(23)28-14-8-9-15-29(28)37(32)22-25-16-18-27(19-17-25)31(26-12-6-7-13-26)33(38)34-20-24-10-4-3-5-11-24/h3-5,8-11,14-19,21,26,31H,6-7,12-13,20,22H2,1-2H3/p+1. The van der Waals surface area contributed by atoms with Gasteiger partial charge in [0.05, 0.1) is 11.4 Å². The van der Waals surface area contributed by atoms with E-state index >= 15 is 0 Å². The lowest BCUT2D eigenvalue weighted by atomic mass is 9.83. The van der Waals surface area contributed by atoms with Gasteiger partial charge < -0.3 is 9.88 Å². The molecular formula is C33H35N4O+. The van der Waals surface area contributed by atoms with Crippen molar-refractivity contribution in [2.75, 3.05) is 0 Å². The summed E-state index contributed by atoms with van der Waals surface area (Å²) < 4.78 is 4.21. The SMILES string of the molecule is Cc1c[n+](C)nc2c1c1ccccc1n2Cc1ccc(C(C(=O)NCc2ccccc2)C2CCCC2)cc1. The van der Waals surface area contributed by atoms with Crippen LogP contribution in [0.1, 0.15) is 53.9 Å². The molecule has 1 saturated carbocycles. The number of carbonyl (C=O) groups is 1. The van der Waals surface area contributed by atoms with Gasteiger partial charge in [-0.25, -0.2) is 0 Å². The number of nitrogens with zero attached hydrogens (tertiary/aromatic N) is 3. The van der Waals surface area contributed by atoms with Gasteiger partial charge >= 0.3 is 0 Å². The first-order valence-electron chi connectivity index (χ1n) is 13.7. The van der Waals surface area contributed by atoms with Crippen LogP contribution in [0.25, 0.3) is 21.9 Å². The highest BCUT2D eigenvalue weighted by Crippen LogP contribution is 2.38. The van der Waals surface area contributed by atoms with Gasteiger partial charge in [-0.3, -0.25) is 4.79 Å². The van der Waals surface area contributed by atoms with Gasteiger partial charge in [0.25, 0.3) is 0 Å². The van der Waals surface area contributed by atoms with Gasteiger partial charge in [-0.15, -0.1) is 0 Å². The van der Waals surface area contributed by atoms with Crippen LogP contribution >= 0.6 is 0 Å². The monoisotopic (exact) mass is 503 g/mol. The summed E-state index contributed by atoms with van der Waals surface area (Å²) in [7, 11) is 1.98. The number of amides is 1. The molecule has 5 aromatic rings. The van der Waals surface area contributed by atoms with Crippen LogP contribution in [0.5, 0.6) is 0 Å². The largest absolute Gasteiger partial charge is 0.351 e. The van der Waals surface area contributed by atoms with Gasteiger partial charge in [-0.05, 0) is 48.4 Å². The Kier molecular flexibility index (Phi) is 6.67. The fourth-order valence-electron chi connectivity index (χ4n) is 6.30. The first-order valence-corrected chi connectivity index (χ1v) is 13.7. The molecule has 2 heterocycles. The van der Waals surface area contributed by atoms with Crippen molar-refractivity contribution < 1.29 is 9.48 Å². The fourth-order valence-corrected chi connectivity index (χ4v) is 6.30. The predicted molar refractivity (Wildman–Crippen MR) is 152 cm³/mol. The Morgan fingerprint density at radius 2 is 1.68 bits per heavy atom. The van der Waals surface area contributed by atoms with Crippen LogP contribution in [0.2, 0.25) is 0 Å². The number of nitrogens with one attached hydrogen (secondary N) is 1. The molecule has 1 aliphatic rings. The van der Waals surface area contributed by atoms with E-state index < -0.39 is 0 Å². The Morgan fingerprint density at radius 1 is 0.974 bits per heavy atom. The van der Waals surface area contributed by atoms with Gasteiger partial charge in [0.2, 0.25) is 11.6 Å². The summed E-state index contributed by atoms with van der Waals surface area (Å²) in [5, 5.41) is 10.5. The topological polar surface area (TPSA) is 50.8 Å². The van der Waals surface area contributed by atoms with Crippen molar-refractivity contribution in [2.45, 2.75) is 51.6 Å². The maximum Gasteiger partial charge on any atom is 0.228 e. The summed E-state index contributed by atoms with van der Waals surface area (Å²) in [6, 6.07) is 27.4. The summed E-state index contributed by atoms with van der Waals surface area (Å²) in [5.41, 5.74) is 6.87. The van der Waals surface area contributed by atoms with Crippen molar-refractivity contribution >= 4 is 27.8 Å². The molecule has 1 unspecified atom stereocenters. The molecule has 5 heteroatoms. The summed E-state index contributed by atoms with van der Waals surface area (Å²) in [5.74, 6) is 0.441. The lowest BCUT2D eigenvalue weighted by Crippen LogP contribution is -2.33. The van der Waals surface area contributed by atoms with Crippen LogP contribution < -0.4 is 10.00 Å². The molecule has 1 fully saturated rings. The molecule has 0 saturated heterocycles. The third kappa shape index (κ3) is 4.69. The van der Waals surface area contributed by atoms with Crippen molar-refractivity contribution in [1.82, 2.24) is 15.0 Å². The average Bonchev–Trinajstić information content (AvgIpc) is 3.56. The molecule has 1 amide bonds. The number of aromatic nitrogens is 3. The third-order valence-electron chi connectivity index (χ3n) is 8.11. The van der Waals surface area contributed by atoms with E-state index in [1.807, 2.05) is 29.9 Å². The van der Waals surface area contributed by atoms with E-state index in [0.717, 1.165) is 36.2 Å². The molecule has 0 radical (unpaired) electrons. The average molecular weight is 504 g/mol. The number of hydrogen-bond donors (Lipinski definition) is 1. The maximum atomic E-state index is 13.5. The summed E-state index contributed by atoms with van der Waals surface area (Å²) in [6.07, 6.45) is 6.74. The molecule has 3 aromatic carbocycles. The fraction of sp³-hybridized carbons (Fsp3) is 0.303. The highest BCUT2D eigenvalue weighted by Gasteiger charge is 2.32. The van der Waals surface area contributed by atoms with Gasteiger partial charge in [-0.1, -0.05) is 90.3 Å². The van der Waals surface area contributed by atoms with Crippen LogP contribution in [-0.4, -0.2) is 15.6 Å². The quantitative estimate of drug-likeness (QED) is 0.279. The van der Waals surface area contributed by atoms with E-state index in [1.165, 1.54) is 40.3 Å². The van der Waals surface area contributed by atoms with Gasteiger partial charge in [0, 0.05) is 34.5 Å². The smallest absolute Gasteiger partial charge is 0.228 e. The lowest BCUT2D eigenvalue weighted by Gasteiger charge is -2.23. The zero-order chi connectivity index (χ0) is 26.1. The van der Waals surface area contributed by atoms with Crippen molar-refractivity contribution in [2.24, 2.45) is 13.0 Å². The van der Waals surface area contributed by atoms with E-state index in [2.05, 4.69) is 83.7 Å². The molecule has 2 aromatic heterocycles. The Labute approximate surface area is 224 Å². The normalized spacial score (nSPS) is 14.8. The predicted octanol–water partition coefficient (Wildman–Crippen LogP) is 5.96. The van der Waals surface area contributed by atoms with Crippen molar-refractivity contribution in [3.8, 4) is 0 Å². The Bertz CT molecular complexity index is 1580. The first kappa shape index (κ1) is 24.4. The number of fused-ring (bicyclic) bond motifs is 3. The molecule has 1 aliphatic carbocycles. The molecule has 0 bridgehead atoms. The number of hydrogen-bond acceptors (Lipinski definition) is 2. The second-order valence-corrected chi connectivity index (χ2v) is 10.8. The van der Waals surface area contributed by atoms with Crippen LogP contribution in [0, 0.1) is 12.8 Å². The Balaban J connectivity index is 1.29. The second kappa shape index (κ2) is 10.4. The molecule has 38 heavy (non-hydrogen) atoms. The summed E-state index contributed by atoms with van der Waals surface area (Å²) >= 11 is 0. The Hall–Kier alpha value is -3.99. The van der Waals surface area contributed by atoms with E-state index in [1.54, 1.807) is 0 Å². The highest BCUT2D eigenvalue weighted by molar-refractivity contribution is 6.07. The van der Waals surface area contributed by atoms with E-state index in [0.29, 0.717) is 12.5 Å². The second-order valence-electron chi connectivity index (χ2n) is 10.8. The minimum Gasteiger partial charge on any atom is -0.351 e. The van der Waals surface area contributed by atoms with Crippen molar-refractivity contribution in [3.05, 3.63) is 107 Å². The molecule has 1 N–H and O–H groups in total.